The quantitative estimate of drug-likeness (QED) is 0.886. The van der Waals surface area contributed by atoms with E-state index in [-0.39, 0.29) is 24.2 Å². The molecule has 3 atom stereocenters. The Hall–Kier alpha value is -2.70. The standard InChI is InChI=1S/C19H15F3O4/c1-9-2-3-10(6-13(9)19(20,21)22)8-25-11-4-5-12-14(7-11)26-17-15(12)16(17)18(23)24/h2-7,15-17H,8H2,1H3,(H,23,24). The molecule has 7 heteroatoms. The number of carbonyl (C=O) groups is 1. The number of rotatable bonds is 4. The maximum absolute atomic E-state index is 13.0. The van der Waals surface area contributed by atoms with Gasteiger partial charge in [0.05, 0.1) is 5.56 Å². The van der Waals surface area contributed by atoms with Gasteiger partial charge in [0.2, 0.25) is 0 Å². The SMILES string of the molecule is Cc1ccc(COc2ccc3c(c2)OC2C(C(=O)O)C32)cc1C(F)(F)F. The Morgan fingerprint density at radius 3 is 2.69 bits per heavy atom. The van der Waals surface area contributed by atoms with Crippen LogP contribution in [0.4, 0.5) is 13.2 Å². The van der Waals surface area contributed by atoms with Crippen molar-refractivity contribution in [1.29, 1.82) is 0 Å². The zero-order chi connectivity index (χ0) is 18.6. The van der Waals surface area contributed by atoms with Crippen molar-refractivity contribution in [2.45, 2.75) is 31.7 Å². The number of aliphatic carboxylic acids is 1. The van der Waals surface area contributed by atoms with Crippen molar-refractivity contribution in [3.63, 3.8) is 0 Å². The molecule has 26 heavy (non-hydrogen) atoms. The third kappa shape index (κ3) is 2.77. The van der Waals surface area contributed by atoms with E-state index in [4.69, 9.17) is 14.6 Å². The zero-order valence-corrected chi connectivity index (χ0v) is 13.7. The molecule has 0 bridgehead atoms. The van der Waals surface area contributed by atoms with Crippen LogP contribution in [0, 0.1) is 12.8 Å². The van der Waals surface area contributed by atoms with Crippen LogP contribution in [0.2, 0.25) is 0 Å². The molecular weight excluding hydrogens is 349 g/mol. The number of hydrogen-bond acceptors (Lipinski definition) is 3. The van der Waals surface area contributed by atoms with Gasteiger partial charge in [-0.05, 0) is 30.2 Å². The van der Waals surface area contributed by atoms with Crippen molar-refractivity contribution >= 4 is 5.97 Å². The van der Waals surface area contributed by atoms with Crippen molar-refractivity contribution in [1.82, 2.24) is 0 Å². The normalized spacial score (nSPS) is 23.0. The summed E-state index contributed by atoms with van der Waals surface area (Å²) in [6.45, 7) is 1.41. The topological polar surface area (TPSA) is 55.8 Å². The highest BCUT2D eigenvalue weighted by Gasteiger charge is 2.63. The second-order valence-corrected chi connectivity index (χ2v) is 6.61. The lowest BCUT2D eigenvalue weighted by Gasteiger charge is -2.13. The molecule has 1 aliphatic carbocycles. The van der Waals surface area contributed by atoms with E-state index in [9.17, 15) is 18.0 Å². The summed E-state index contributed by atoms with van der Waals surface area (Å²) in [5, 5.41) is 9.06. The van der Waals surface area contributed by atoms with Gasteiger partial charge in [0.1, 0.15) is 30.1 Å². The third-order valence-corrected chi connectivity index (χ3v) is 4.86. The molecule has 0 radical (unpaired) electrons. The fourth-order valence-electron chi connectivity index (χ4n) is 3.45. The lowest BCUT2D eigenvalue weighted by molar-refractivity contribution is -0.139. The van der Waals surface area contributed by atoms with Gasteiger partial charge in [0.25, 0.3) is 0 Å². The summed E-state index contributed by atoms with van der Waals surface area (Å²) in [7, 11) is 0. The molecule has 0 saturated heterocycles. The van der Waals surface area contributed by atoms with Gasteiger partial charge >= 0.3 is 12.1 Å². The van der Waals surface area contributed by atoms with E-state index in [1.165, 1.54) is 13.0 Å². The Kier molecular flexibility index (Phi) is 3.64. The Balaban J connectivity index is 1.46. The van der Waals surface area contributed by atoms with E-state index in [2.05, 4.69) is 0 Å². The summed E-state index contributed by atoms with van der Waals surface area (Å²) >= 11 is 0. The molecule has 1 saturated carbocycles. The summed E-state index contributed by atoms with van der Waals surface area (Å²) in [4.78, 5) is 11.0. The van der Waals surface area contributed by atoms with Gasteiger partial charge in [0.15, 0.2) is 0 Å². The first-order chi connectivity index (χ1) is 12.3. The average Bonchev–Trinajstić information content (AvgIpc) is 3.16. The van der Waals surface area contributed by atoms with Gasteiger partial charge < -0.3 is 14.6 Å². The lowest BCUT2D eigenvalue weighted by Crippen LogP contribution is -2.09. The number of fused-ring (bicyclic) bond motifs is 3. The highest BCUT2D eigenvalue weighted by Crippen LogP contribution is 2.58. The predicted molar refractivity (Wildman–Crippen MR) is 85.2 cm³/mol. The number of alkyl halides is 3. The summed E-state index contributed by atoms with van der Waals surface area (Å²) in [6.07, 6.45) is -4.73. The molecule has 2 aromatic carbocycles. The highest BCUT2D eigenvalue weighted by atomic mass is 19.4. The maximum Gasteiger partial charge on any atom is 0.416 e. The molecule has 2 aromatic rings. The van der Waals surface area contributed by atoms with Gasteiger partial charge in [-0.2, -0.15) is 13.2 Å². The minimum Gasteiger partial charge on any atom is -0.489 e. The van der Waals surface area contributed by atoms with Crippen LogP contribution in [-0.2, 0) is 17.6 Å². The Labute approximate surface area is 147 Å². The molecule has 4 nitrogen and oxygen atoms in total. The van der Waals surface area contributed by atoms with Crippen LogP contribution in [0.5, 0.6) is 11.5 Å². The van der Waals surface area contributed by atoms with Crippen molar-refractivity contribution in [3.05, 3.63) is 58.7 Å². The first kappa shape index (κ1) is 16.8. The monoisotopic (exact) mass is 364 g/mol. The largest absolute Gasteiger partial charge is 0.489 e. The van der Waals surface area contributed by atoms with Crippen LogP contribution >= 0.6 is 0 Å². The van der Waals surface area contributed by atoms with Crippen molar-refractivity contribution < 1.29 is 32.5 Å². The first-order valence-electron chi connectivity index (χ1n) is 8.08. The molecular formula is C19H15F3O4. The van der Waals surface area contributed by atoms with Gasteiger partial charge in [-0.15, -0.1) is 0 Å². The number of benzene rings is 2. The number of halogens is 3. The van der Waals surface area contributed by atoms with Gasteiger partial charge in [0, 0.05) is 17.5 Å². The lowest BCUT2D eigenvalue weighted by atomic mass is 10.0. The maximum atomic E-state index is 13.0. The van der Waals surface area contributed by atoms with Gasteiger partial charge in [-0.1, -0.05) is 18.2 Å². The molecule has 0 aromatic heterocycles. The number of aryl methyl sites for hydroxylation is 1. The van der Waals surface area contributed by atoms with Gasteiger partial charge in [-0.3, -0.25) is 4.79 Å². The third-order valence-electron chi connectivity index (χ3n) is 4.86. The van der Waals surface area contributed by atoms with Crippen molar-refractivity contribution in [3.8, 4) is 11.5 Å². The van der Waals surface area contributed by atoms with E-state index >= 15 is 0 Å². The molecule has 4 rings (SSSR count). The van der Waals surface area contributed by atoms with E-state index in [0.717, 1.165) is 11.6 Å². The molecule has 136 valence electrons. The summed E-state index contributed by atoms with van der Waals surface area (Å²) < 4.78 is 50.1. The van der Waals surface area contributed by atoms with E-state index in [0.29, 0.717) is 17.1 Å². The van der Waals surface area contributed by atoms with Crippen LogP contribution < -0.4 is 9.47 Å². The number of carboxylic acids is 1. The van der Waals surface area contributed by atoms with Crippen LogP contribution in [0.3, 0.4) is 0 Å². The van der Waals surface area contributed by atoms with Crippen LogP contribution in [-0.4, -0.2) is 17.2 Å². The molecule has 0 amide bonds. The summed E-state index contributed by atoms with van der Waals surface area (Å²) in [6, 6.07) is 9.20. The molecule has 0 spiro atoms. The average molecular weight is 364 g/mol. The van der Waals surface area contributed by atoms with Crippen LogP contribution in [0.1, 0.15) is 28.2 Å². The molecule has 3 unspecified atom stereocenters. The van der Waals surface area contributed by atoms with Gasteiger partial charge in [-0.25, -0.2) is 0 Å². The predicted octanol–water partition coefficient (Wildman–Crippen LogP) is 4.15. The summed E-state index contributed by atoms with van der Waals surface area (Å²) in [5.74, 6) is -0.447. The molecule has 1 fully saturated rings. The highest BCUT2D eigenvalue weighted by molar-refractivity contribution is 5.79. The Morgan fingerprint density at radius 1 is 1.23 bits per heavy atom. The van der Waals surface area contributed by atoms with Crippen molar-refractivity contribution in [2.24, 2.45) is 5.92 Å². The molecule has 1 heterocycles. The Morgan fingerprint density at radius 2 is 2.00 bits per heavy atom. The Bertz CT molecular complexity index is 891. The first-order valence-corrected chi connectivity index (χ1v) is 8.08. The number of hydrogen-bond donors (Lipinski definition) is 1. The van der Waals surface area contributed by atoms with Crippen LogP contribution in [0.25, 0.3) is 0 Å². The summed E-state index contributed by atoms with van der Waals surface area (Å²) in [5.41, 5.74) is 0.748. The number of carboxylic acid groups (broad SMARTS) is 1. The van der Waals surface area contributed by atoms with E-state index in [1.54, 1.807) is 24.3 Å². The zero-order valence-electron chi connectivity index (χ0n) is 13.7. The smallest absolute Gasteiger partial charge is 0.416 e. The molecule has 2 aliphatic rings. The van der Waals surface area contributed by atoms with E-state index < -0.39 is 23.6 Å². The van der Waals surface area contributed by atoms with E-state index in [1.807, 2.05) is 0 Å². The fraction of sp³-hybridized carbons (Fsp3) is 0.316. The molecule has 1 N–H and O–H groups in total. The van der Waals surface area contributed by atoms with Crippen molar-refractivity contribution in [2.75, 3.05) is 0 Å². The second-order valence-electron chi connectivity index (χ2n) is 6.61. The minimum atomic E-state index is -4.40. The van der Waals surface area contributed by atoms with Crippen LogP contribution in [0.15, 0.2) is 36.4 Å². The number of ether oxygens (including phenoxy) is 2. The second kappa shape index (κ2) is 5.65. The fourth-order valence-corrected chi connectivity index (χ4v) is 3.45. The molecule has 1 aliphatic heterocycles. The minimum absolute atomic E-state index is 0.00719.